The van der Waals surface area contributed by atoms with E-state index >= 15 is 0 Å². The Morgan fingerprint density at radius 2 is 1.35 bits per heavy atom. The summed E-state index contributed by atoms with van der Waals surface area (Å²) in [5, 5.41) is 38.4. The summed E-state index contributed by atoms with van der Waals surface area (Å²) in [6.45, 7) is 0. The van der Waals surface area contributed by atoms with Gasteiger partial charge in [-0.05, 0) is 24.3 Å². The molecule has 3 N–H and O–H groups in total. The van der Waals surface area contributed by atoms with Gasteiger partial charge in [0.1, 0.15) is 22.5 Å². The average Bonchev–Trinajstić information content (AvgIpc) is 3.10. The Morgan fingerprint density at radius 1 is 0.739 bits per heavy atom. The van der Waals surface area contributed by atoms with Gasteiger partial charge < -0.3 is 15.3 Å². The first-order chi connectivity index (χ1) is 11.1. The number of rotatable bonds is 2. The van der Waals surface area contributed by atoms with Crippen LogP contribution in [0.1, 0.15) is 0 Å². The number of nitrogens with zero attached hydrogens (tertiary/aromatic N) is 4. The first kappa shape index (κ1) is 13.2. The zero-order chi connectivity index (χ0) is 16.0. The number of aromatic nitrogens is 4. The molecule has 0 amide bonds. The van der Waals surface area contributed by atoms with Gasteiger partial charge in [-0.25, -0.2) is 0 Å². The largest absolute Gasteiger partial charge is 0.506 e. The van der Waals surface area contributed by atoms with E-state index in [2.05, 4.69) is 10.2 Å². The van der Waals surface area contributed by atoms with Gasteiger partial charge in [-0.2, -0.15) is 0 Å². The van der Waals surface area contributed by atoms with Gasteiger partial charge >= 0.3 is 0 Å². The molecule has 0 unspecified atom stereocenters. The summed E-state index contributed by atoms with van der Waals surface area (Å²) in [6.07, 6.45) is 0. The number of phenols is 1. The highest BCUT2D eigenvalue weighted by Crippen LogP contribution is 2.31. The van der Waals surface area contributed by atoms with E-state index in [0.29, 0.717) is 11.4 Å². The lowest BCUT2D eigenvalue weighted by atomic mass is 10.2. The first-order valence-corrected chi connectivity index (χ1v) is 6.89. The van der Waals surface area contributed by atoms with E-state index < -0.39 is 0 Å². The third kappa shape index (κ3) is 2.06. The molecule has 0 aliphatic rings. The zero-order valence-corrected chi connectivity index (χ0v) is 11.8. The number of hydrogen-bond acceptors (Lipinski definition) is 5. The molecule has 0 radical (unpaired) electrons. The molecule has 0 aliphatic carbocycles. The van der Waals surface area contributed by atoms with E-state index in [1.54, 1.807) is 12.1 Å². The topological polar surface area (TPSA) is 96.3 Å². The molecular weight excluding hydrogens is 296 g/mol. The van der Waals surface area contributed by atoms with Gasteiger partial charge in [0.15, 0.2) is 11.8 Å². The maximum absolute atomic E-state index is 10.3. The molecule has 0 spiro atoms. The van der Waals surface area contributed by atoms with E-state index in [4.69, 9.17) is 0 Å². The van der Waals surface area contributed by atoms with Crippen molar-refractivity contribution in [2.24, 2.45) is 0 Å². The van der Waals surface area contributed by atoms with Crippen LogP contribution in [0.15, 0.2) is 54.6 Å². The summed E-state index contributed by atoms with van der Waals surface area (Å²) in [6, 6.07) is 14.8. The maximum atomic E-state index is 10.3. The number of hydrogen-bond donors (Lipinski definition) is 3. The van der Waals surface area contributed by atoms with Crippen molar-refractivity contribution in [2.45, 2.75) is 0 Å². The van der Waals surface area contributed by atoms with Crippen LogP contribution in [0.25, 0.3) is 22.4 Å². The molecular formula is C16H12N4O3. The van der Waals surface area contributed by atoms with Gasteiger partial charge in [0, 0.05) is 18.2 Å². The second kappa shape index (κ2) is 4.77. The van der Waals surface area contributed by atoms with Crippen LogP contribution >= 0.6 is 0 Å². The summed E-state index contributed by atoms with van der Waals surface area (Å²) >= 11 is 0. The Hall–Kier alpha value is -3.48. The minimum atomic E-state index is -0.127. The SMILES string of the molecule is Oc1cc(-n2c(O)ccc2O)ccc1-n1nc2ccccc2n1. The summed E-state index contributed by atoms with van der Waals surface area (Å²) in [7, 11) is 0. The molecule has 0 atom stereocenters. The van der Waals surface area contributed by atoms with Crippen LogP contribution in [0, 0.1) is 0 Å². The number of phenolic OH excluding ortho intramolecular Hbond substituents is 1. The molecule has 0 aliphatic heterocycles. The fraction of sp³-hybridized carbons (Fsp3) is 0. The van der Waals surface area contributed by atoms with Crippen molar-refractivity contribution in [3.8, 4) is 28.9 Å². The van der Waals surface area contributed by atoms with Crippen LogP contribution in [-0.4, -0.2) is 34.9 Å². The first-order valence-electron chi connectivity index (χ1n) is 6.89. The van der Waals surface area contributed by atoms with E-state index in [-0.39, 0.29) is 17.5 Å². The van der Waals surface area contributed by atoms with Crippen LogP contribution in [-0.2, 0) is 0 Å². The highest BCUT2D eigenvalue weighted by molar-refractivity contribution is 5.73. The van der Waals surface area contributed by atoms with E-state index in [0.717, 1.165) is 11.0 Å². The quantitative estimate of drug-likeness (QED) is 0.528. The molecule has 0 fully saturated rings. The fourth-order valence-corrected chi connectivity index (χ4v) is 2.47. The van der Waals surface area contributed by atoms with Gasteiger partial charge in [-0.3, -0.25) is 4.57 Å². The Bertz CT molecular complexity index is 967. The molecule has 2 aromatic heterocycles. The average molecular weight is 308 g/mol. The van der Waals surface area contributed by atoms with Crippen LogP contribution in [0.5, 0.6) is 17.5 Å². The van der Waals surface area contributed by atoms with Crippen molar-refractivity contribution in [3.05, 3.63) is 54.6 Å². The molecule has 0 saturated heterocycles. The van der Waals surface area contributed by atoms with Gasteiger partial charge in [-0.15, -0.1) is 15.0 Å². The summed E-state index contributed by atoms with van der Waals surface area (Å²) < 4.78 is 1.20. The minimum absolute atomic E-state index is 0.0738. The van der Waals surface area contributed by atoms with Gasteiger partial charge in [0.25, 0.3) is 0 Å². The molecule has 7 nitrogen and oxygen atoms in total. The number of fused-ring (bicyclic) bond motifs is 1. The van der Waals surface area contributed by atoms with Gasteiger partial charge in [-0.1, -0.05) is 12.1 Å². The van der Waals surface area contributed by atoms with Crippen LogP contribution in [0.4, 0.5) is 0 Å². The monoisotopic (exact) mass is 308 g/mol. The molecule has 2 heterocycles. The Labute approximate surface area is 130 Å². The van der Waals surface area contributed by atoms with Crippen LogP contribution < -0.4 is 0 Å². The molecule has 114 valence electrons. The smallest absolute Gasteiger partial charge is 0.198 e. The zero-order valence-electron chi connectivity index (χ0n) is 11.8. The van der Waals surface area contributed by atoms with Crippen LogP contribution in [0.2, 0.25) is 0 Å². The Balaban J connectivity index is 1.82. The van der Waals surface area contributed by atoms with Crippen LogP contribution in [0.3, 0.4) is 0 Å². The van der Waals surface area contributed by atoms with E-state index in [9.17, 15) is 15.3 Å². The molecule has 7 heteroatoms. The third-order valence-electron chi connectivity index (χ3n) is 3.56. The normalized spacial score (nSPS) is 11.1. The lowest BCUT2D eigenvalue weighted by molar-refractivity contribution is 0.402. The predicted molar refractivity (Wildman–Crippen MR) is 83.2 cm³/mol. The van der Waals surface area contributed by atoms with E-state index in [1.165, 1.54) is 27.6 Å². The minimum Gasteiger partial charge on any atom is -0.506 e. The highest BCUT2D eigenvalue weighted by Gasteiger charge is 2.13. The summed E-state index contributed by atoms with van der Waals surface area (Å²) in [4.78, 5) is 1.35. The van der Waals surface area contributed by atoms with Crippen molar-refractivity contribution in [1.82, 2.24) is 19.6 Å². The molecule has 0 saturated carbocycles. The molecule has 4 rings (SSSR count). The second-order valence-electron chi connectivity index (χ2n) is 5.04. The standard InChI is InChI=1S/C16H12N4O3/c21-14-9-10(19-15(22)7-8-16(19)23)5-6-13(14)20-17-11-3-1-2-4-12(11)18-20/h1-9,21-23H. The third-order valence-corrected chi connectivity index (χ3v) is 3.56. The Kier molecular flexibility index (Phi) is 2.74. The lowest BCUT2D eigenvalue weighted by Gasteiger charge is -2.09. The van der Waals surface area contributed by atoms with Crippen molar-refractivity contribution < 1.29 is 15.3 Å². The van der Waals surface area contributed by atoms with Gasteiger partial charge in [0.05, 0.1) is 5.69 Å². The predicted octanol–water partition coefficient (Wildman–Crippen LogP) is 2.33. The van der Waals surface area contributed by atoms with Crippen molar-refractivity contribution in [2.75, 3.05) is 0 Å². The number of aromatic hydroxyl groups is 3. The Morgan fingerprint density at radius 3 is 1.91 bits per heavy atom. The molecule has 2 aromatic carbocycles. The lowest BCUT2D eigenvalue weighted by Crippen LogP contribution is -2.00. The van der Waals surface area contributed by atoms with E-state index in [1.807, 2.05) is 24.3 Å². The maximum Gasteiger partial charge on any atom is 0.198 e. The second-order valence-corrected chi connectivity index (χ2v) is 5.04. The molecule has 0 bridgehead atoms. The molecule has 23 heavy (non-hydrogen) atoms. The molecule has 4 aromatic rings. The van der Waals surface area contributed by atoms with Crippen molar-refractivity contribution in [3.63, 3.8) is 0 Å². The van der Waals surface area contributed by atoms with Crippen molar-refractivity contribution in [1.29, 1.82) is 0 Å². The highest BCUT2D eigenvalue weighted by atomic mass is 16.3. The summed E-state index contributed by atoms with van der Waals surface area (Å²) in [5.74, 6) is -0.328. The summed E-state index contributed by atoms with van der Waals surface area (Å²) in [5.41, 5.74) is 2.26. The fourth-order valence-electron chi connectivity index (χ4n) is 2.47. The number of benzene rings is 2. The van der Waals surface area contributed by atoms with Gasteiger partial charge in [0.2, 0.25) is 0 Å². The van der Waals surface area contributed by atoms with Crippen molar-refractivity contribution >= 4 is 11.0 Å².